The second-order valence-corrected chi connectivity index (χ2v) is 5.45. The Balaban J connectivity index is 1.84. The van der Waals surface area contributed by atoms with Crippen molar-refractivity contribution in [2.24, 2.45) is 0 Å². The monoisotopic (exact) mass is 218 g/mol. The van der Waals surface area contributed by atoms with Gasteiger partial charge in [0.1, 0.15) is 12.1 Å². The number of nitrogens with one attached hydrogen (secondary N) is 1. The van der Waals surface area contributed by atoms with Crippen LogP contribution < -0.4 is 4.90 Å². The summed E-state index contributed by atoms with van der Waals surface area (Å²) in [7, 11) is 0. The normalized spacial score (nSPS) is 48.4. The lowest BCUT2D eigenvalue weighted by Crippen LogP contribution is -3.18. The van der Waals surface area contributed by atoms with E-state index in [1.807, 2.05) is 0 Å². The maximum absolute atomic E-state index is 11.5. The molecule has 4 atom stereocenters. The quantitative estimate of drug-likeness (QED) is 0.580. The summed E-state index contributed by atoms with van der Waals surface area (Å²) in [5, 5.41) is 0. The molecule has 2 fully saturated rings. The molecule has 0 aromatic carbocycles. The number of hydrogen-bond acceptors (Lipinski definition) is 2. The van der Waals surface area contributed by atoms with Crippen LogP contribution in [-0.2, 0) is 9.53 Å². The molecule has 4 rings (SSSR count). The first kappa shape index (κ1) is 8.99. The van der Waals surface area contributed by atoms with Gasteiger partial charge in [-0.25, -0.2) is 4.79 Å². The Morgan fingerprint density at radius 3 is 3.31 bits per heavy atom. The Bertz CT molecular complexity index is 426. The molecule has 4 aliphatic rings. The third kappa shape index (κ3) is 0.908. The van der Waals surface area contributed by atoms with Crippen LogP contribution in [0.5, 0.6) is 0 Å². The molecule has 3 aliphatic heterocycles. The maximum atomic E-state index is 11.5. The van der Waals surface area contributed by atoms with Crippen LogP contribution in [0.3, 0.4) is 0 Å². The van der Waals surface area contributed by atoms with Gasteiger partial charge in [0.2, 0.25) is 0 Å². The summed E-state index contributed by atoms with van der Waals surface area (Å²) in [4.78, 5) is 13.2. The molecule has 0 radical (unpaired) electrons. The van der Waals surface area contributed by atoms with Gasteiger partial charge >= 0.3 is 5.97 Å². The fourth-order valence-corrected chi connectivity index (χ4v) is 4.16. The fraction of sp³-hybridized carbons (Fsp3) is 0.615. The lowest BCUT2D eigenvalue weighted by molar-refractivity contribution is -0.937. The van der Waals surface area contributed by atoms with Gasteiger partial charge in [-0.1, -0.05) is 6.08 Å². The number of fused-ring (bicyclic) bond motifs is 3. The van der Waals surface area contributed by atoms with E-state index < -0.39 is 0 Å². The van der Waals surface area contributed by atoms with Gasteiger partial charge in [0.15, 0.2) is 5.60 Å². The Labute approximate surface area is 94.8 Å². The molecule has 3 nitrogen and oxygen atoms in total. The third-order valence-electron chi connectivity index (χ3n) is 4.77. The van der Waals surface area contributed by atoms with Crippen molar-refractivity contribution in [2.75, 3.05) is 6.54 Å². The highest BCUT2D eigenvalue weighted by Gasteiger charge is 2.63. The SMILES string of the molecule is O=C1C=C2C=C[C@H]3C[C@]2(O1)[C@H]1CCCC[NH+]31. The van der Waals surface area contributed by atoms with E-state index in [2.05, 4.69) is 12.2 Å². The van der Waals surface area contributed by atoms with Gasteiger partial charge in [-0.05, 0) is 18.9 Å². The lowest BCUT2D eigenvalue weighted by atomic mass is 9.80. The predicted molar refractivity (Wildman–Crippen MR) is 57.9 cm³/mol. The van der Waals surface area contributed by atoms with E-state index in [4.69, 9.17) is 4.74 Å². The number of carbonyl (C=O) groups excluding carboxylic acids is 1. The number of esters is 1. The molecule has 0 amide bonds. The van der Waals surface area contributed by atoms with Crippen LogP contribution in [0.1, 0.15) is 25.7 Å². The molecule has 2 saturated heterocycles. The van der Waals surface area contributed by atoms with Crippen LogP contribution in [-0.4, -0.2) is 30.2 Å². The number of carbonyl (C=O) groups is 1. The number of rotatable bonds is 0. The second-order valence-electron chi connectivity index (χ2n) is 5.45. The van der Waals surface area contributed by atoms with Crippen molar-refractivity contribution in [3.05, 3.63) is 23.8 Å². The van der Waals surface area contributed by atoms with Gasteiger partial charge in [-0.15, -0.1) is 0 Å². The summed E-state index contributed by atoms with van der Waals surface area (Å²) in [5.41, 5.74) is 0.891. The Kier molecular flexibility index (Phi) is 1.56. The van der Waals surface area contributed by atoms with E-state index in [-0.39, 0.29) is 11.6 Å². The predicted octanol–water partition coefficient (Wildman–Crippen LogP) is -0.0121. The smallest absolute Gasteiger partial charge is 0.332 e. The fourth-order valence-electron chi connectivity index (χ4n) is 4.16. The van der Waals surface area contributed by atoms with E-state index in [1.54, 1.807) is 11.0 Å². The van der Waals surface area contributed by atoms with Crippen molar-refractivity contribution in [3.8, 4) is 0 Å². The Hall–Kier alpha value is -1.09. The zero-order valence-corrected chi connectivity index (χ0v) is 9.24. The van der Waals surface area contributed by atoms with Crippen LogP contribution in [0.4, 0.5) is 0 Å². The Morgan fingerprint density at radius 1 is 1.44 bits per heavy atom. The highest BCUT2D eigenvalue weighted by atomic mass is 16.6. The molecular weight excluding hydrogens is 202 g/mol. The second kappa shape index (κ2) is 2.77. The zero-order chi connectivity index (χ0) is 10.8. The highest BCUT2D eigenvalue weighted by molar-refractivity contribution is 5.88. The largest absolute Gasteiger partial charge is 0.444 e. The van der Waals surface area contributed by atoms with Crippen LogP contribution in [0.2, 0.25) is 0 Å². The lowest BCUT2D eigenvalue weighted by Gasteiger charge is -2.34. The number of piperidine rings is 1. The number of quaternary nitrogens is 1. The summed E-state index contributed by atoms with van der Waals surface area (Å²) in [5.74, 6) is -0.132. The van der Waals surface area contributed by atoms with E-state index in [1.165, 1.54) is 25.8 Å². The van der Waals surface area contributed by atoms with Gasteiger partial charge in [0.05, 0.1) is 13.0 Å². The van der Waals surface area contributed by atoms with Gasteiger partial charge in [0.25, 0.3) is 0 Å². The van der Waals surface area contributed by atoms with Crippen LogP contribution >= 0.6 is 0 Å². The van der Waals surface area contributed by atoms with Crippen molar-refractivity contribution in [1.82, 2.24) is 0 Å². The summed E-state index contributed by atoms with van der Waals surface area (Å²) in [6.45, 7) is 1.24. The average molecular weight is 218 g/mol. The van der Waals surface area contributed by atoms with Crippen LogP contribution in [0.15, 0.2) is 23.8 Å². The molecule has 1 N–H and O–H groups in total. The van der Waals surface area contributed by atoms with Gasteiger partial charge in [-0.2, -0.15) is 0 Å². The molecule has 0 aromatic heterocycles. The summed E-state index contributed by atoms with van der Waals surface area (Å²) in [6, 6.07) is 1.09. The minimum absolute atomic E-state index is 0.132. The van der Waals surface area contributed by atoms with Gasteiger partial charge < -0.3 is 9.64 Å². The van der Waals surface area contributed by atoms with Crippen molar-refractivity contribution in [1.29, 1.82) is 0 Å². The maximum Gasteiger partial charge on any atom is 0.332 e. The van der Waals surface area contributed by atoms with E-state index in [0.717, 1.165) is 12.0 Å². The molecule has 0 aromatic rings. The molecule has 1 spiro atoms. The molecule has 3 heterocycles. The first-order valence-corrected chi connectivity index (χ1v) is 6.28. The Morgan fingerprint density at radius 2 is 2.38 bits per heavy atom. The van der Waals surface area contributed by atoms with Crippen LogP contribution in [0.25, 0.3) is 0 Å². The number of ether oxygens (including phenoxy) is 1. The van der Waals surface area contributed by atoms with Crippen molar-refractivity contribution >= 4 is 5.97 Å². The van der Waals surface area contributed by atoms with E-state index >= 15 is 0 Å². The summed E-state index contributed by atoms with van der Waals surface area (Å²) < 4.78 is 5.71. The molecule has 1 aliphatic carbocycles. The highest BCUT2D eigenvalue weighted by Crippen LogP contribution is 2.43. The molecule has 84 valence electrons. The first-order valence-electron chi connectivity index (χ1n) is 6.28. The van der Waals surface area contributed by atoms with Crippen LogP contribution in [0, 0.1) is 0 Å². The average Bonchev–Trinajstić information content (AvgIpc) is 2.76. The topological polar surface area (TPSA) is 30.7 Å². The summed E-state index contributed by atoms with van der Waals surface area (Å²) >= 11 is 0. The van der Waals surface area contributed by atoms with Gasteiger partial charge in [0, 0.05) is 18.1 Å². The van der Waals surface area contributed by atoms with E-state index in [9.17, 15) is 4.79 Å². The van der Waals surface area contributed by atoms with Crippen molar-refractivity contribution in [2.45, 2.75) is 43.4 Å². The summed E-state index contributed by atoms with van der Waals surface area (Å²) in [6.07, 6.45) is 10.9. The minimum atomic E-state index is -0.244. The first-order chi connectivity index (χ1) is 7.79. The van der Waals surface area contributed by atoms with E-state index in [0.29, 0.717) is 12.1 Å². The minimum Gasteiger partial charge on any atom is -0.444 e. The molecule has 3 heteroatoms. The molecule has 2 bridgehead atoms. The number of hydrogen-bond donors (Lipinski definition) is 1. The molecular formula is C13H16NO2+. The van der Waals surface area contributed by atoms with Crippen molar-refractivity contribution in [3.63, 3.8) is 0 Å². The third-order valence-corrected chi connectivity index (χ3v) is 4.77. The van der Waals surface area contributed by atoms with Crippen molar-refractivity contribution < 1.29 is 14.4 Å². The molecule has 1 unspecified atom stereocenters. The standard InChI is InChI=1S/C13H15NO2/c15-12-7-9-4-5-10-8-13(9,16-12)11-3-1-2-6-14(10)11/h4-5,7,10-11H,1-3,6,8H2/p+1/t10-,11+,13+/m0/s1. The zero-order valence-electron chi connectivity index (χ0n) is 9.24. The molecule has 0 saturated carbocycles. The van der Waals surface area contributed by atoms with Gasteiger partial charge in [-0.3, -0.25) is 0 Å². The molecule has 16 heavy (non-hydrogen) atoms.